The van der Waals surface area contributed by atoms with Crippen molar-refractivity contribution in [1.82, 2.24) is 5.32 Å². The third kappa shape index (κ3) is 4.62. The fraction of sp³-hybridized carbons (Fsp3) is 0.600. The molecule has 0 unspecified atom stereocenters. The summed E-state index contributed by atoms with van der Waals surface area (Å²) in [6, 6.07) is 6.66. The second kappa shape index (κ2) is 7.80. The SMILES string of the molecule is CCNCc1ccc(N(CC)CC(C)C)c(Br)c1. The molecule has 0 saturated carbocycles. The van der Waals surface area contributed by atoms with E-state index in [-0.39, 0.29) is 0 Å². The highest BCUT2D eigenvalue weighted by Crippen LogP contribution is 2.28. The molecule has 0 fully saturated rings. The number of anilines is 1. The molecule has 102 valence electrons. The maximum Gasteiger partial charge on any atom is 0.0510 e. The molecule has 0 radical (unpaired) electrons. The molecule has 1 N–H and O–H groups in total. The lowest BCUT2D eigenvalue weighted by molar-refractivity contribution is 0.618. The van der Waals surface area contributed by atoms with Crippen molar-refractivity contribution in [3.05, 3.63) is 28.2 Å². The molecule has 1 aromatic carbocycles. The van der Waals surface area contributed by atoms with Gasteiger partial charge in [-0.2, -0.15) is 0 Å². The van der Waals surface area contributed by atoms with Gasteiger partial charge in [0, 0.05) is 24.1 Å². The maximum absolute atomic E-state index is 3.70. The van der Waals surface area contributed by atoms with Crippen LogP contribution in [0.4, 0.5) is 5.69 Å². The molecule has 0 aliphatic heterocycles. The van der Waals surface area contributed by atoms with Crippen LogP contribution in [0.2, 0.25) is 0 Å². The first-order chi connectivity index (χ1) is 8.58. The Balaban J connectivity index is 2.82. The third-order valence-corrected chi connectivity index (χ3v) is 3.53. The minimum absolute atomic E-state index is 0.679. The molecule has 0 heterocycles. The Hall–Kier alpha value is -0.540. The second-order valence-electron chi connectivity index (χ2n) is 5.00. The number of hydrogen-bond donors (Lipinski definition) is 1. The van der Waals surface area contributed by atoms with Crippen LogP contribution in [0.1, 0.15) is 33.3 Å². The lowest BCUT2D eigenvalue weighted by Crippen LogP contribution is -2.27. The van der Waals surface area contributed by atoms with Crippen LogP contribution in [0.5, 0.6) is 0 Å². The van der Waals surface area contributed by atoms with Crippen LogP contribution in [0.25, 0.3) is 0 Å². The van der Waals surface area contributed by atoms with Gasteiger partial charge < -0.3 is 10.2 Å². The van der Waals surface area contributed by atoms with Crippen molar-refractivity contribution in [3.8, 4) is 0 Å². The van der Waals surface area contributed by atoms with Gasteiger partial charge in [0.15, 0.2) is 0 Å². The molecule has 1 aromatic rings. The first-order valence-electron chi connectivity index (χ1n) is 6.82. The van der Waals surface area contributed by atoms with Gasteiger partial charge in [0.2, 0.25) is 0 Å². The van der Waals surface area contributed by atoms with Gasteiger partial charge in [-0.3, -0.25) is 0 Å². The fourth-order valence-corrected chi connectivity index (χ4v) is 2.70. The summed E-state index contributed by atoms with van der Waals surface area (Å²) < 4.78 is 1.19. The van der Waals surface area contributed by atoms with Crippen LogP contribution in [0.15, 0.2) is 22.7 Å². The lowest BCUT2D eigenvalue weighted by Gasteiger charge is -2.26. The van der Waals surface area contributed by atoms with E-state index in [9.17, 15) is 0 Å². The predicted octanol–water partition coefficient (Wildman–Crippen LogP) is 4.04. The number of rotatable bonds is 7. The van der Waals surface area contributed by atoms with E-state index in [1.54, 1.807) is 0 Å². The van der Waals surface area contributed by atoms with E-state index in [0.29, 0.717) is 5.92 Å². The summed E-state index contributed by atoms with van der Waals surface area (Å²) in [7, 11) is 0. The van der Waals surface area contributed by atoms with E-state index in [0.717, 1.165) is 26.2 Å². The minimum atomic E-state index is 0.679. The summed E-state index contributed by atoms with van der Waals surface area (Å²) >= 11 is 3.70. The van der Waals surface area contributed by atoms with E-state index >= 15 is 0 Å². The average molecular weight is 313 g/mol. The first-order valence-corrected chi connectivity index (χ1v) is 7.61. The van der Waals surface area contributed by atoms with Crippen LogP contribution in [0, 0.1) is 5.92 Å². The van der Waals surface area contributed by atoms with Gasteiger partial charge in [0.05, 0.1) is 5.69 Å². The van der Waals surface area contributed by atoms with Crippen molar-refractivity contribution in [1.29, 1.82) is 0 Å². The molecular formula is C15H25BrN2. The minimum Gasteiger partial charge on any atom is -0.371 e. The van der Waals surface area contributed by atoms with E-state index in [1.807, 2.05) is 0 Å². The normalized spacial score (nSPS) is 11.0. The molecule has 0 atom stereocenters. The Kier molecular flexibility index (Phi) is 6.72. The fourth-order valence-electron chi connectivity index (χ4n) is 2.02. The molecule has 0 spiro atoms. The summed E-state index contributed by atoms with van der Waals surface area (Å²) in [5, 5.41) is 3.35. The highest BCUT2D eigenvalue weighted by atomic mass is 79.9. The van der Waals surface area contributed by atoms with Crippen molar-refractivity contribution in [2.45, 2.75) is 34.2 Å². The van der Waals surface area contributed by atoms with Crippen molar-refractivity contribution in [2.24, 2.45) is 5.92 Å². The van der Waals surface area contributed by atoms with Crippen molar-refractivity contribution < 1.29 is 0 Å². The quantitative estimate of drug-likeness (QED) is 0.817. The van der Waals surface area contributed by atoms with Gasteiger partial charge in [0.1, 0.15) is 0 Å². The molecular weight excluding hydrogens is 288 g/mol. The van der Waals surface area contributed by atoms with Gasteiger partial charge in [-0.15, -0.1) is 0 Å². The number of benzene rings is 1. The zero-order chi connectivity index (χ0) is 13.5. The zero-order valence-corrected chi connectivity index (χ0v) is 13.5. The number of hydrogen-bond acceptors (Lipinski definition) is 2. The average Bonchev–Trinajstić information content (AvgIpc) is 2.33. The van der Waals surface area contributed by atoms with Crippen LogP contribution in [0.3, 0.4) is 0 Å². The molecule has 0 bridgehead atoms. The summed E-state index contributed by atoms with van der Waals surface area (Å²) in [6.07, 6.45) is 0. The molecule has 0 amide bonds. The number of halogens is 1. The van der Waals surface area contributed by atoms with Crippen LogP contribution < -0.4 is 10.2 Å². The van der Waals surface area contributed by atoms with Gasteiger partial charge >= 0.3 is 0 Å². The summed E-state index contributed by atoms with van der Waals surface area (Å²) in [4.78, 5) is 2.42. The monoisotopic (exact) mass is 312 g/mol. The largest absolute Gasteiger partial charge is 0.371 e. The highest BCUT2D eigenvalue weighted by Gasteiger charge is 2.10. The molecule has 18 heavy (non-hydrogen) atoms. The number of nitrogens with zero attached hydrogens (tertiary/aromatic N) is 1. The Labute approximate surface area is 120 Å². The number of nitrogens with one attached hydrogen (secondary N) is 1. The topological polar surface area (TPSA) is 15.3 Å². The Morgan fingerprint density at radius 2 is 2.00 bits per heavy atom. The summed E-state index contributed by atoms with van der Waals surface area (Å²) in [5.41, 5.74) is 2.62. The van der Waals surface area contributed by atoms with E-state index in [2.05, 4.69) is 72.0 Å². The van der Waals surface area contributed by atoms with Crippen LogP contribution >= 0.6 is 15.9 Å². The van der Waals surface area contributed by atoms with Gasteiger partial charge in [-0.1, -0.05) is 26.8 Å². The van der Waals surface area contributed by atoms with Gasteiger partial charge in [-0.25, -0.2) is 0 Å². The lowest BCUT2D eigenvalue weighted by atomic mass is 10.1. The molecule has 1 rings (SSSR count). The zero-order valence-electron chi connectivity index (χ0n) is 12.0. The first kappa shape index (κ1) is 15.5. The predicted molar refractivity (Wildman–Crippen MR) is 84.2 cm³/mol. The molecule has 0 aromatic heterocycles. The van der Waals surface area contributed by atoms with Crippen LogP contribution in [-0.4, -0.2) is 19.6 Å². The molecule has 3 heteroatoms. The molecule has 2 nitrogen and oxygen atoms in total. The van der Waals surface area contributed by atoms with Gasteiger partial charge in [0.25, 0.3) is 0 Å². The van der Waals surface area contributed by atoms with E-state index in [1.165, 1.54) is 15.7 Å². The van der Waals surface area contributed by atoms with Crippen molar-refractivity contribution >= 4 is 21.6 Å². The van der Waals surface area contributed by atoms with E-state index < -0.39 is 0 Å². The highest BCUT2D eigenvalue weighted by molar-refractivity contribution is 9.10. The Bertz CT molecular complexity index is 364. The van der Waals surface area contributed by atoms with Gasteiger partial charge in [-0.05, 0) is 53.0 Å². The standard InChI is InChI=1S/C15H25BrN2/c1-5-17-10-13-7-8-15(14(16)9-13)18(6-2)11-12(3)4/h7-9,12,17H,5-6,10-11H2,1-4H3. The molecule has 0 aliphatic carbocycles. The van der Waals surface area contributed by atoms with E-state index in [4.69, 9.17) is 0 Å². The smallest absolute Gasteiger partial charge is 0.0510 e. The second-order valence-corrected chi connectivity index (χ2v) is 5.85. The van der Waals surface area contributed by atoms with Crippen molar-refractivity contribution in [2.75, 3.05) is 24.5 Å². The summed E-state index contributed by atoms with van der Waals surface area (Å²) in [6.45, 7) is 12.9. The third-order valence-electron chi connectivity index (χ3n) is 2.90. The maximum atomic E-state index is 3.70. The Morgan fingerprint density at radius 3 is 2.50 bits per heavy atom. The summed E-state index contributed by atoms with van der Waals surface area (Å²) in [5.74, 6) is 0.679. The molecule has 0 saturated heterocycles. The van der Waals surface area contributed by atoms with Crippen molar-refractivity contribution in [3.63, 3.8) is 0 Å². The Morgan fingerprint density at radius 1 is 1.28 bits per heavy atom. The van der Waals surface area contributed by atoms with Crippen LogP contribution in [-0.2, 0) is 6.54 Å². The molecule has 0 aliphatic rings.